The molecular weight excluding hydrogens is 298 g/mol. The van der Waals surface area contributed by atoms with Crippen molar-refractivity contribution in [3.8, 4) is 0 Å². The van der Waals surface area contributed by atoms with Crippen molar-refractivity contribution in [2.75, 3.05) is 18.5 Å². The molecule has 2 N–H and O–H groups in total. The number of benzene rings is 1. The second-order valence-electron chi connectivity index (χ2n) is 5.20. The molecule has 0 unspecified atom stereocenters. The highest BCUT2D eigenvalue weighted by molar-refractivity contribution is 7.98. The summed E-state index contributed by atoms with van der Waals surface area (Å²) in [4.78, 5) is 20.1. The first-order chi connectivity index (χ1) is 10.8. The van der Waals surface area contributed by atoms with Gasteiger partial charge in [-0.05, 0) is 25.0 Å². The van der Waals surface area contributed by atoms with Crippen molar-refractivity contribution in [1.82, 2.24) is 9.97 Å². The van der Waals surface area contributed by atoms with Crippen LogP contribution in [0.4, 0.5) is 5.95 Å². The van der Waals surface area contributed by atoms with Crippen molar-refractivity contribution in [1.29, 1.82) is 0 Å². The van der Waals surface area contributed by atoms with E-state index in [9.17, 15) is 4.79 Å². The number of nitrogens with zero attached hydrogens (tertiary/aromatic N) is 1. The summed E-state index contributed by atoms with van der Waals surface area (Å²) in [6, 6.07) is 11.6. The lowest BCUT2D eigenvalue weighted by Gasteiger charge is -2.11. The number of hydrogen-bond acceptors (Lipinski definition) is 5. The van der Waals surface area contributed by atoms with Crippen LogP contribution in [0.3, 0.4) is 0 Å². The maximum absolute atomic E-state index is 11.7. The van der Waals surface area contributed by atoms with Gasteiger partial charge in [-0.25, -0.2) is 4.98 Å². The van der Waals surface area contributed by atoms with Gasteiger partial charge < -0.3 is 10.1 Å². The van der Waals surface area contributed by atoms with E-state index in [0.717, 1.165) is 25.1 Å². The number of rotatable bonds is 6. The van der Waals surface area contributed by atoms with Crippen LogP contribution in [-0.4, -0.2) is 29.2 Å². The molecule has 0 spiro atoms. The third kappa shape index (κ3) is 4.35. The van der Waals surface area contributed by atoms with Gasteiger partial charge in [-0.3, -0.25) is 9.78 Å². The predicted octanol–water partition coefficient (Wildman–Crippen LogP) is 2.65. The predicted molar refractivity (Wildman–Crippen MR) is 88.3 cm³/mol. The largest absolute Gasteiger partial charge is 0.376 e. The van der Waals surface area contributed by atoms with Crippen LogP contribution in [0, 0.1) is 0 Å². The van der Waals surface area contributed by atoms with Crippen molar-refractivity contribution in [2.24, 2.45) is 0 Å². The summed E-state index contributed by atoms with van der Waals surface area (Å²) in [5.74, 6) is 1.19. The van der Waals surface area contributed by atoms with Crippen LogP contribution in [-0.2, 0) is 10.5 Å². The molecule has 0 bridgehead atoms. The molecule has 6 heteroatoms. The minimum Gasteiger partial charge on any atom is -0.376 e. The average molecular weight is 317 g/mol. The van der Waals surface area contributed by atoms with Gasteiger partial charge in [-0.2, -0.15) is 0 Å². The second kappa shape index (κ2) is 7.47. The van der Waals surface area contributed by atoms with Gasteiger partial charge in [0.15, 0.2) is 0 Å². The van der Waals surface area contributed by atoms with Crippen LogP contribution in [0.25, 0.3) is 0 Å². The summed E-state index contributed by atoms with van der Waals surface area (Å²) in [7, 11) is 0. The Morgan fingerprint density at radius 1 is 1.36 bits per heavy atom. The fourth-order valence-corrected chi connectivity index (χ4v) is 3.17. The maximum Gasteiger partial charge on any atom is 0.252 e. The van der Waals surface area contributed by atoms with Gasteiger partial charge in [0.1, 0.15) is 0 Å². The summed E-state index contributed by atoms with van der Waals surface area (Å²) in [5, 5.41) is 3.17. The van der Waals surface area contributed by atoms with E-state index >= 15 is 0 Å². The van der Waals surface area contributed by atoms with E-state index in [-0.39, 0.29) is 11.7 Å². The lowest BCUT2D eigenvalue weighted by atomic mass is 10.2. The molecule has 2 aromatic rings. The molecule has 1 atom stereocenters. The zero-order valence-corrected chi connectivity index (χ0v) is 13.1. The van der Waals surface area contributed by atoms with Crippen LogP contribution in [0.2, 0.25) is 0 Å². The molecule has 0 amide bonds. The Hall–Kier alpha value is -1.79. The molecule has 1 fully saturated rings. The Kier molecular flexibility index (Phi) is 5.13. The minimum absolute atomic E-state index is 0.131. The Bertz CT molecular complexity index is 654. The van der Waals surface area contributed by atoms with Gasteiger partial charge in [0.05, 0.1) is 11.8 Å². The molecule has 116 valence electrons. The third-order valence-corrected chi connectivity index (χ3v) is 4.49. The Morgan fingerprint density at radius 3 is 3.00 bits per heavy atom. The summed E-state index contributed by atoms with van der Waals surface area (Å²) in [5.41, 5.74) is 0.640. The first kappa shape index (κ1) is 15.1. The molecule has 5 nitrogen and oxygen atoms in total. The van der Waals surface area contributed by atoms with Crippen LogP contribution in [0.1, 0.15) is 18.5 Å². The average Bonchev–Trinajstić information content (AvgIpc) is 3.05. The Labute approximate surface area is 133 Å². The minimum atomic E-state index is -0.131. The Balaban J connectivity index is 1.60. The fraction of sp³-hybridized carbons (Fsp3) is 0.375. The first-order valence-corrected chi connectivity index (χ1v) is 8.42. The summed E-state index contributed by atoms with van der Waals surface area (Å²) < 4.78 is 5.55. The SMILES string of the molecule is O=c1cc(CSc2ccccc2)nc(NC[C@H]2CCCO2)[nH]1. The maximum atomic E-state index is 11.7. The number of hydrogen-bond donors (Lipinski definition) is 2. The highest BCUT2D eigenvalue weighted by atomic mass is 32.2. The molecule has 1 aromatic carbocycles. The van der Waals surface area contributed by atoms with Crippen LogP contribution >= 0.6 is 11.8 Å². The van der Waals surface area contributed by atoms with Gasteiger partial charge in [-0.15, -0.1) is 11.8 Å². The van der Waals surface area contributed by atoms with Crippen LogP contribution < -0.4 is 10.9 Å². The quantitative estimate of drug-likeness (QED) is 0.802. The molecule has 1 saturated heterocycles. The standard InChI is InChI=1S/C16H19N3O2S/c20-15-9-12(11-22-14-6-2-1-3-7-14)18-16(19-15)17-10-13-5-4-8-21-13/h1-3,6-7,9,13H,4-5,8,10-11H2,(H2,17,18,19,20)/t13-/m1/s1. The molecule has 0 radical (unpaired) electrons. The zero-order valence-electron chi connectivity index (χ0n) is 12.2. The monoisotopic (exact) mass is 317 g/mol. The highest BCUT2D eigenvalue weighted by Crippen LogP contribution is 2.21. The second-order valence-corrected chi connectivity index (χ2v) is 6.25. The van der Waals surface area contributed by atoms with Gasteiger partial charge in [0.25, 0.3) is 5.56 Å². The van der Waals surface area contributed by atoms with E-state index in [1.807, 2.05) is 18.2 Å². The highest BCUT2D eigenvalue weighted by Gasteiger charge is 2.15. The molecule has 1 aliphatic rings. The van der Waals surface area contributed by atoms with E-state index < -0.39 is 0 Å². The number of H-pyrrole nitrogens is 1. The smallest absolute Gasteiger partial charge is 0.252 e. The van der Waals surface area contributed by atoms with E-state index in [2.05, 4.69) is 27.4 Å². The lowest BCUT2D eigenvalue weighted by Crippen LogP contribution is -2.22. The van der Waals surface area contributed by atoms with E-state index in [1.54, 1.807) is 17.8 Å². The fourth-order valence-electron chi connectivity index (χ4n) is 2.36. The molecule has 3 rings (SSSR count). The van der Waals surface area contributed by atoms with Crippen LogP contribution in [0.5, 0.6) is 0 Å². The number of anilines is 1. The summed E-state index contributed by atoms with van der Waals surface area (Å²) >= 11 is 1.67. The molecule has 0 aliphatic carbocycles. The number of thioether (sulfide) groups is 1. The van der Waals surface area contributed by atoms with Crippen molar-refractivity contribution >= 4 is 17.7 Å². The van der Waals surface area contributed by atoms with Crippen molar-refractivity contribution < 1.29 is 4.74 Å². The van der Waals surface area contributed by atoms with E-state index in [0.29, 0.717) is 18.2 Å². The van der Waals surface area contributed by atoms with Crippen molar-refractivity contribution in [3.05, 3.63) is 52.4 Å². The van der Waals surface area contributed by atoms with Gasteiger partial charge in [0.2, 0.25) is 5.95 Å². The van der Waals surface area contributed by atoms with Gasteiger partial charge >= 0.3 is 0 Å². The molecule has 1 aromatic heterocycles. The molecule has 0 saturated carbocycles. The summed E-state index contributed by atoms with van der Waals surface area (Å²) in [6.45, 7) is 1.50. The third-order valence-electron chi connectivity index (χ3n) is 3.45. The number of nitrogens with one attached hydrogen (secondary N) is 2. The van der Waals surface area contributed by atoms with E-state index in [4.69, 9.17) is 4.74 Å². The number of aromatic amines is 1. The van der Waals surface area contributed by atoms with E-state index in [1.165, 1.54) is 4.90 Å². The lowest BCUT2D eigenvalue weighted by molar-refractivity contribution is 0.120. The van der Waals surface area contributed by atoms with Gasteiger partial charge in [-0.1, -0.05) is 18.2 Å². The first-order valence-electron chi connectivity index (χ1n) is 7.43. The normalized spacial score (nSPS) is 17.5. The van der Waals surface area contributed by atoms with Crippen LogP contribution in [0.15, 0.2) is 46.1 Å². The molecular formula is C16H19N3O2S. The summed E-state index contributed by atoms with van der Waals surface area (Å²) in [6.07, 6.45) is 2.37. The number of ether oxygens (including phenoxy) is 1. The molecule has 2 heterocycles. The zero-order chi connectivity index (χ0) is 15.2. The number of aromatic nitrogens is 2. The van der Waals surface area contributed by atoms with Gasteiger partial charge in [0, 0.05) is 29.9 Å². The topological polar surface area (TPSA) is 67.0 Å². The van der Waals surface area contributed by atoms with Crippen molar-refractivity contribution in [3.63, 3.8) is 0 Å². The molecule has 22 heavy (non-hydrogen) atoms. The van der Waals surface area contributed by atoms with Crippen molar-refractivity contribution in [2.45, 2.75) is 29.6 Å². The molecule has 1 aliphatic heterocycles. The Morgan fingerprint density at radius 2 is 2.23 bits per heavy atom.